The number of benzene rings is 1. The van der Waals surface area contributed by atoms with E-state index in [9.17, 15) is 0 Å². The largest absolute Gasteiger partial charge is 0.381 e. The molecule has 0 amide bonds. The van der Waals surface area contributed by atoms with Crippen LogP contribution in [0.3, 0.4) is 0 Å². The summed E-state index contributed by atoms with van der Waals surface area (Å²) in [6.07, 6.45) is 3.24. The third kappa shape index (κ3) is 7.63. The molecule has 1 fully saturated rings. The number of aliphatic imine (C=N–C) groups is 1. The van der Waals surface area contributed by atoms with E-state index in [0.29, 0.717) is 18.6 Å². The van der Waals surface area contributed by atoms with Gasteiger partial charge in [-0.2, -0.15) is 0 Å². The van der Waals surface area contributed by atoms with Crippen LogP contribution in [0.4, 0.5) is 5.69 Å². The number of halogens is 1. The SMILES string of the molecule is I.NC(=NCCCOC1CCOCC1)Nc1ccccc1. The Morgan fingerprint density at radius 1 is 1.29 bits per heavy atom. The number of nitrogens with two attached hydrogens (primary N) is 1. The van der Waals surface area contributed by atoms with Crippen molar-refractivity contribution in [3.8, 4) is 0 Å². The first kappa shape index (κ1) is 18.2. The second-order valence-electron chi connectivity index (χ2n) is 4.79. The Kier molecular flexibility index (Phi) is 9.36. The monoisotopic (exact) mass is 405 g/mol. The summed E-state index contributed by atoms with van der Waals surface area (Å²) in [5, 5.41) is 3.05. The summed E-state index contributed by atoms with van der Waals surface area (Å²) in [6.45, 7) is 3.04. The topological polar surface area (TPSA) is 68.9 Å². The van der Waals surface area contributed by atoms with Crippen molar-refractivity contribution in [2.24, 2.45) is 10.7 Å². The predicted molar refractivity (Wildman–Crippen MR) is 96.4 cm³/mol. The second-order valence-corrected chi connectivity index (χ2v) is 4.79. The van der Waals surface area contributed by atoms with Gasteiger partial charge < -0.3 is 20.5 Å². The number of hydrogen-bond donors (Lipinski definition) is 2. The second kappa shape index (κ2) is 10.8. The summed E-state index contributed by atoms with van der Waals surface area (Å²) in [5.41, 5.74) is 6.76. The lowest BCUT2D eigenvalue weighted by Crippen LogP contribution is -2.24. The molecule has 3 N–H and O–H groups in total. The van der Waals surface area contributed by atoms with Crippen LogP contribution in [-0.4, -0.2) is 38.4 Å². The highest BCUT2D eigenvalue weighted by Gasteiger charge is 2.13. The number of rotatable bonds is 6. The number of nitrogens with zero attached hydrogens (tertiary/aromatic N) is 1. The first-order valence-corrected chi connectivity index (χ1v) is 7.16. The fraction of sp³-hybridized carbons (Fsp3) is 0.533. The van der Waals surface area contributed by atoms with Crippen LogP contribution < -0.4 is 11.1 Å². The van der Waals surface area contributed by atoms with Gasteiger partial charge in [0, 0.05) is 32.1 Å². The average Bonchev–Trinajstić information content (AvgIpc) is 2.49. The van der Waals surface area contributed by atoms with Crippen molar-refractivity contribution in [3.05, 3.63) is 30.3 Å². The highest BCUT2D eigenvalue weighted by Crippen LogP contribution is 2.10. The number of para-hydroxylation sites is 1. The van der Waals surface area contributed by atoms with Crippen LogP contribution in [0.2, 0.25) is 0 Å². The van der Waals surface area contributed by atoms with Gasteiger partial charge in [-0.1, -0.05) is 18.2 Å². The summed E-state index contributed by atoms with van der Waals surface area (Å²) < 4.78 is 11.1. The smallest absolute Gasteiger partial charge is 0.193 e. The van der Waals surface area contributed by atoms with E-state index in [-0.39, 0.29) is 24.0 Å². The quantitative estimate of drug-likeness (QED) is 0.331. The molecule has 0 bridgehead atoms. The van der Waals surface area contributed by atoms with Crippen LogP contribution in [0, 0.1) is 0 Å². The van der Waals surface area contributed by atoms with Crippen molar-refractivity contribution in [1.82, 2.24) is 0 Å². The molecule has 0 saturated carbocycles. The molecule has 0 aromatic heterocycles. The maximum Gasteiger partial charge on any atom is 0.193 e. The Morgan fingerprint density at radius 3 is 2.71 bits per heavy atom. The molecule has 118 valence electrons. The number of nitrogens with one attached hydrogen (secondary N) is 1. The molecular weight excluding hydrogens is 381 g/mol. The van der Waals surface area contributed by atoms with Crippen LogP contribution in [-0.2, 0) is 9.47 Å². The van der Waals surface area contributed by atoms with Gasteiger partial charge in [0.05, 0.1) is 6.10 Å². The molecule has 0 spiro atoms. The van der Waals surface area contributed by atoms with Gasteiger partial charge in [-0.25, -0.2) is 0 Å². The van der Waals surface area contributed by atoms with E-state index < -0.39 is 0 Å². The lowest BCUT2D eigenvalue weighted by molar-refractivity contribution is -0.0318. The molecule has 1 saturated heterocycles. The fourth-order valence-corrected chi connectivity index (χ4v) is 2.07. The van der Waals surface area contributed by atoms with Crippen LogP contribution in [0.25, 0.3) is 0 Å². The number of anilines is 1. The fourth-order valence-electron chi connectivity index (χ4n) is 2.07. The minimum atomic E-state index is 0. The van der Waals surface area contributed by atoms with Gasteiger partial charge >= 0.3 is 0 Å². The molecule has 1 aliphatic rings. The molecular formula is C15H24IN3O2. The van der Waals surface area contributed by atoms with E-state index in [0.717, 1.165) is 44.8 Å². The number of guanidine groups is 1. The molecule has 1 aromatic carbocycles. The van der Waals surface area contributed by atoms with E-state index in [1.807, 2.05) is 30.3 Å². The zero-order valence-corrected chi connectivity index (χ0v) is 14.5. The third-order valence-corrected chi connectivity index (χ3v) is 3.15. The summed E-state index contributed by atoms with van der Waals surface area (Å²) in [5.74, 6) is 0.447. The Morgan fingerprint density at radius 2 is 2.00 bits per heavy atom. The lowest BCUT2D eigenvalue weighted by Gasteiger charge is -2.22. The molecule has 6 heteroatoms. The predicted octanol–water partition coefficient (Wildman–Crippen LogP) is 2.62. The molecule has 0 unspecified atom stereocenters. The minimum Gasteiger partial charge on any atom is -0.381 e. The number of ether oxygens (including phenoxy) is 2. The van der Waals surface area contributed by atoms with Crippen molar-refractivity contribution in [2.75, 3.05) is 31.7 Å². The molecule has 21 heavy (non-hydrogen) atoms. The van der Waals surface area contributed by atoms with E-state index in [1.54, 1.807) is 0 Å². The van der Waals surface area contributed by atoms with Crippen molar-refractivity contribution in [1.29, 1.82) is 0 Å². The molecule has 1 aromatic rings. The summed E-state index contributed by atoms with van der Waals surface area (Å²) in [7, 11) is 0. The van der Waals surface area contributed by atoms with Crippen LogP contribution in [0.1, 0.15) is 19.3 Å². The van der Waals surface area contributed by atoms with E-state index in [1.165, 1.54) is 0 Å². The Hall–Kier alpha value is -0.860. The lowest BCUT2D eigenvalue weighted by atomic mass is 10.1. The van der Waals surface area contributed by atoms with E-state index in [2.05, 4.69) is 10.3 Å². The molecule has 1 aliphatic heterocycles. The normalized spacial score (nSPS) is 16.3. The maximum absolute atomic E-state index is 5.81. The van der Waals surface area contributed by atoms with Crippen LogP contribution >= 0.6 is 24.0 Å². The Balaban J connectivity index is 0.00000220. The first-order valence-electron chi connectivity index (χ1n) is 7.16. The van der Waals surface area contributed by atoms with Gasteiger partial charge in [0.15, 0.2) is 5.96 Å². The summed E-state index contributed by atoms with van der Waals surface area (Å²) in [6, 6.07) is 9.79. The van der Waals surface area contributed by atoms with Gasteiger partial charge in [0.1, 0.15) is 0 Å². The zero-order valence-electron chi connectivity index (χ0n) is 12.2. The third-order valence-electron chi connectivity index (χ3n) is 3.15. The van der Waals surface area contributed by atoms with E-state index >= 15 is 0 Å². The Labute approximate surface area is 143 Å². The molecule has 0 radical (unpaired) electrons. The molecule has 1 heterocycles. The Bertz CT molecular complexity index is 409. The van der Waals surface area contributed by atoms with Crippen LogP contribution in [0.15, 0.2) is 35.3 Å². The average molecular weight is 405 g/mol. The summed E-state index contributed by atoms with van der Waals surface area (Å²) >= 11 is 0. The van der Waals surface area contributed by atoms with Gasteiger partial charge in [-0.15, -0.1) is 24.0 Å². The van der Waals surface area contributed by atoms with Gasteiger partial charge in [0.25, 0.3) is 0 Å². The van der Waals surface area contributed by atoms with Crippen molar-refractivity contribution in [3.63, 3.8) is 0 Å². The standard InChI is InChI=1S/C15H23N3O2.HI/c16-15(18-13-5-2-1-3-6-13)17-9-4-10-20-14-7-11-19-12-8-14;/h1-3,5-6,14H,4,7-12H2,(H3,16,17,18);1H. The zero-order chi connectivity index (χ0) is 14.0. The van der Waals surface area contributed by atoms with Crippen LogP contribution in [0.5, 0.6) is 0 Å². The molecule has 5 nitrogen and oxygen atoms in total. The number of hydrogen-bond acceptors (Lipinski definition) is 3. The van der Waals surface area contributed by atoms with Gasteiger partial charge in [0.2, 0.25) is 0 Å². The first-order chi connectivity index (χ1) is 9.84. The highest BCUT2D eigenvalue weighted by atomic mass is 127. The molecule has 0 atom stereocenters. The highest BCUT2D eigenvalue weighted by molar-refractivity contribution is 14.0. The van der Waals surface area contributed by atoms with Crippen molar-refractivity contribution in [2.45, 2.75) is 25.4 Å². The molecule has 2 rings (SSSR count). The summed E-state index contributed by atoms with van der Waals surface area (Å²) in [4.78, 5) is 4.28. The van der Waals surface area contributed by atoms with Crippen molar-refractivity contribution >= 4 is 35.6 Å². The van der Waals surface area contributed by atoms with E-state index in [4.69, 9.17) is 15.2 Å². The molecule has 0 aliphatic carbocycles. The van der Waals surface area contributed by atoms with Gasteiger partial charge in [-0.05, 0) is 31.4 Å². The van der Waals surface area contributed by atoms with Gasteiger partial charge in [-0.3, -0.25) is 4.99 Å². The van der Waals surface area contributed by atoms with Crippen molar-refractivity contribution < 1.29 is 9.47 Å². The maximum atomic E-state index is 5.81. The minimum absolute atomic E-state index is 0.